The Morgan fingerprint density at radius 2 is 0.517 bits per heavy atom. The van der Waals surface area contributed by atoms with Gasteiger partial charge in [-0.2, -0.15) is 0 Å². The van der Waals surface area contributed by atoms with Crippen molar-refractivity contribution in [3.63, 3.8) is 0 Å². The van der Waals surface area contributed by atoms with Gasteiger partial charge in [0.05, 0.1) is 0 Å². The molecule has 9 heteroatoms. The molecule has 0 N–H and O–H groups in total. The molecule has 0 aliphatic carbocycles. The van der Waals surface area contributed by atoms with Crippen LogP contribution in [0.15, 0.2) is 0 Å². The van der Waals surface area contributed by atoms with E-state index in [1.54, 1.807) is 69.2 Å². The molecule has 0 spiro atoms. The molecule has 0 amide bonds. The first-order chi connectivity index (χ1) is 39.1. The van der Waals surface area contributed by atoms with E-state index < -0.39 is 51.0 Å². The van der Waals surface area contributed by atoms with Gasteiger partial charge in [-0.15, -0.1) is 0 Å². The number of alkyl halides is 9. The summed E-state index contributed by atoms with van der Waals surface area (Å²) in [6, 6.07) is 0. The second-order valence-electron chi connectivity index (χ2n) is 30.1. The maximum absolute atomic E-state index is 14.0. The van der Waals surface area contributed by atoms with Crippen LogP contribution in [0.3, 0.4) is 0 Å². The van der Waals surface area contributed by atoms with Crippen molar-refractivity contribution in [3.8, 4) is 0 Å². The van der Waals surface area contributed by atoms with E-state index >= 15 is 0 Å². The van der Waals surface area contributed by atoms with Gasteiger partial charge >= 0.3 is 0 Å². The minimum atomic E-state index is -1.04. The second-order valence-corrected chi connectivity index (χ2v) is 30.1. The molecule has 0 unspecified atom stereocenters. The fourth-order valence-corrected chi connectivity index (χ4v) is 11.9. The highest BCUT2D eigenvalue weighted by Crippen LogP contribution is 2.43. The summed E-state index contributed by atoms with van der Waals surface area (Å²) in [6.45, 7) is 73.3. The van der Waals surface area contributed by atoms with Crippen molar-refractivity contribution in [1.29, 1.82) is 0 Å². The molecule has 0 aromatic carbocycles. The van der Waals surface area contributed by atoms with Gasteiger partial charge in [0.2, 0.25) is 0 Å². The molecule has 0 heterocycles. The summed E-state index contributed by atoms with van der Waals surface area (Å²) < 4.78 is 120. The standard InChI is InChI=1S/C11H23F.3C10H21F.C9H19F.C8H17F.2C7H15F.C6H13F/c1-7-11(6,12)10(8(2)3)9(4)5;1-7(2)9(8(3)4)10(5,6)11;1-6-9(4,7-2)10(5,11)8-3;1-5-8-10(4,11)9(6-2)7-3;1-5-8(6-2)9(4,10)7-3;1-4-6-8(3,9)7-5-2;1-5-7(4,8)6(2)3;1-4-6-7(3,8)5-2;1-4-6(3,7)5-2/h8-10H,7H2,1-6H3;7-9H,1-6H3;6-8H2,1-5H3;9H,5-8H2,1-4H3;8H,5-7H2,1-4H3;4-7H2,1-3H3;6H,5H2,1-4H3;4-6H2,1-3H3;4-5H2,1-3H3/t11-;;2*10-;9-;;2*7-;/m0.000.00./s1. The van der Waals surface area contributed by atoms with E-state index in [4.69, 9.17) is 0 Å². The predicted octanol–water partition coefficient (Wildman–Crippen LogP) is 30.7. The molecule has 0 bridgehead atoms. The Labute approximate surface area is 544 Å². The Bertz CT molecular complexity index is 1410. The van der Waals surface area contributed by atoms with Gasteiger partial charge in [0, 0.05) is 5.41 Å². The summed E-state index contributed by atoms with van der Waals surface area (Å²) in [5.41, 5.74) is -8.73. The third-order valence-electron chi connectivity index (χ3n) is 20.1. The van der Waals surface area contributed by atoms with E-state index in [1.807, 2.05) is 96.9 Å². The largest absolute Gasteiger partial charge is 0.244 e. The van der Waals surface area contributed by atoms with Crippen molar-refractivity contribution in [3.05, 3.63) is 0 Å². The molecule has 0 aliphatic rings. The first-order valence-corrected chi connectivity index (χ1v) is 36.3. The average molecular weight is 1270 g/mol. The van der Waals surface area contributed by atoms with Gasteiger partial charge in [0.25, 0.3) is 0 Å². The van der Waals surface area contributed by atoms with Crippen molar-refractivity contribution >= 4 is 0 Å². The number of rotatable bonds is 31. The van der Waals surface area contributed by atoms with Crippen LogP contribution in [-0.4, -0.2) is 51.0 Å². The normalized spacial score (nSPS) is 16.1. The van der Waals surface area contributed by atoms with Gasteiger partial charge in [-0.3, -0.25) is 0 Å². The highest BCUT2D eigenvalue weighted by Gasteiger charge is 2.41. The maximum atomic E-state index is 14.0. The van der Waals surface area contributed by atoms with E-state index in [0.717, 1.165) is 64.2 Å². The van der Waals surface area contributed by atoms with Crippen molar-refractivity contribution in [1.82, 2.24) is 0 Å². The Hall–Kier alpha value is -0.630. The van der Waals surface area contributed by atoms with Gasteiger partial charge in [-0.1, -0.05) is 245 Å². The van der Waals surface area contributed by atoms with Crippen LogP contribution < -0.4 is 0 Å². The zero-order valence-electron chi connectivity index (χ0n) is 66.4. The first kappa shape index (κ1) is 105. The average Bonchev–Trinajstić information content (AvgIpc) is 3.42. The number of halogens is 9. The smallest absolute Gasteiger partial charge is 0.113 e. The molecule has 540 valence electrons. The molecule has 0 aromatic heterocycles. The van der Waals surface area contributed by atoms with E-state index in [2.05, 4.69) is 96.9 Å². The molecule has 87 heavy (non-hydrogen) atoms. The third kappa shape index (κ3) is 53.4. The molecule has 0 aromatic rings. The molecule has 0 radical (unpaired) electrons. The van der Waals surface area contributed by atoms with E-state index in [-0.39, 0.29) is 35.0 Å². The number of hydrogen-bond donors (Lipinski definition) is 0. The highest BCUT2D eigenvalue weighted by molar-refractivity contribution is 4.91. The van der Waals surface area contributed by atoms with Crippen LogP contribution in [0.5, 0.6) is 0 Å². The Morgan fingerprint density at radius 3 is 0.621 bits per heavy atom. The maximum Gasteiger partial charge on any atom is 0.113 e. The summed E-state index contributed by atoms with van der Waals surface area (Å²) in [5, 5.41) is 0. The van der Waals surface area contributed by atoms with Gasteiger partial charge in [-0.05, 0) is 206 Å². The first-order valence-electron chi connectivity index (χ1n) is 36.3. The monoisotopic (exact) mass is 1270 g/mol. The molecular formula is C78H165F9. The predicted molar refractivity (Wildman–Crippen MR) is 381 cm³/mol. The van der Waals surface area contributed by atoms with E-state index in [9.17, 15) is 39.5 Å². The highest BCUT2D eigenvalue weighted by atomic mass is 19.2. The van der Waals surface area contributed by atoms with Crippen molar-refractivity contribution in [2.45, 2.75) is 449 Å². The lowest BCUT2D eigenvalue weighted by Crippen LogP contribution is -2.38. The van der Waals surface area contributed by atoms with Crippen LogP contribution in [0.2, 0.25) is 0 Å². The van der Waals surface area contributed by atoms with Crippen molar-refractivity contribution < 1.29 is 39.5 Å². The fraction of sp³-hybridized carbons (Fsp3) is 1.00. The summed E-state index contributed by atoms with van der Waals surface area (Å²) in [5.74, 6) is 2.71. The van der Waals surface area contributed by atoms with Crippen LogP contribution in [0.1, 0.15) is 398 Å². The molecular weight excluding hydrogens is 1110 g/mol. The van der Waals surface area contributed by atoms with Crippen LogP contribution >= 0.6 is 0 Å². The van der Waals surface area contributed by atoms with Crippen LogP contribution in [0.4, 0.5) is 39.5 Å². The molecule has 0 fully saturated rings. The van der Waals surface area contributed by atoms with Gasteiger partial charge in [-0.25, -0.2) is 39.5 Å². The van der Waals surface area contributed by atoms with Crippen LogP contribution in [-0.2, 0) is 0 Å². The Kier molecular flexibility index (Phi) is 63.7. The lowest BCUT2D eigenvalue weighted by molar-refractivity contribution is 0.00941. The van der Waals surface area contributed by atoms with E-state index in [1.165, 1.54) is 0 Å². The van der Waals surface area contributed by atoms with E-state index in [0.29, 0.717) is 94.3 Å². The third-order valence-corrected chi connectivity index (χ3v) is 20.1. The molecule has 0 aliphatic heterocycles. The van der Waals surface area contributed by atoms with Crippen LogP contribution in [0, 0.1) is 58.7 Å². The quantitative estimate of drug-likeness (QED) is 0.0607. The lowest BCUT2D eigenvalue weighted by Gasteiger charge is -2.39. The summed E-state index contributed by atoms with van der Waals surface area (Å²) in [6.07, 6.45) is 16.7. The topological polar surface area (TPSA) is 0 Å². The van der Waals surface area contributed by atoms with Crippen molar-refractivity contribution in [2.75, 3.05) is 0 Å². The Balaban J connectivity index is -0.000000113. The van der Waals surface area contributed by atoms with Gasteiger partial charge in [0.1, 0.15) is 51.0 Å². The molecule has 0 nitrogen and oxygen atoms in total. The molecule has 6 atom stereocenters. The molecule has 0 saturated carbocycles. The SMILES string of the molecule is CC(C)C(C(C)C)C(C)(C)F.CCC(C)(CC)[C@@](C)(F)CC.CCC(C)(F)CC.CCC(CC)[C@@](C)(F)CC.CCCC(C)(F)CCC.CCC[C@@](C)(F)CC.CCC[C@](C)(F)C(CC)CC.CC[C@](C)(F)C(C(C)C)C(C)C.CC[C@](C)(F)C(C)C. The minimum Gasteiger partial charge on any atom is -0.244 e. The zero-order valence-corrected chi connectivity index (χ0v) is 66.4. The Morgan fingerprint density at radius 1 is 0.253 bits per heavy atom. The molecule has 0 rings (SSSR count). The van der Waals surface area contributed by atoms with Gasteiger partial charge in [0.15, 0.2) is 0 Å². The lowest BCUT2D eigenvalue weighted by atomic mass is 9.70. The summed E-state index contributed by atoms with van der Waals surface area (Å²) in [4.78, 5) is 0. The zero-order chi connectivity index (χ0) is 72.0. The molecule has 0 saturated heterocycles. The minimum absolute atomic E-state index is 0.137. The fourth-order valence-electron chi connectivity index (χ4n) is 11.9. The van der Waals surface area contributed by atoms with Gasteiger partial charge < -0.3 is 0 Å². The second kappa shape index (κ2) is 52.7. The number of hydrogen-bond acceptors (Lipinski definition) is 0. The van der Waals surface area contributed by atoms with Crippen LogP contribution in [0.25, 0.3) is 0 Å². The van der Waals surface area contributed by atoms with Crippen molar-refractivity contribution in [2.24, 2.45) is 58.7 Å². The summed E-state index contributed by atoms with van der Waals surface area (Å²) >= 11 is 0. The summed E-state index contributed by atoms with van der Waals surface area (Å²) in [7, 11) is 0.